The van der Waals surface area contributed by atoms with Gasteiger partial charge >= 0.3 is 12.1 Å². The molecule has 1 heterocycles. The van der Waals surface area contributed by atoms with Crippen LogP contribution in [-0.2, 0) is 25.5 Å². The van der Waals surface area contributed by atoms with Crippen LogP contribution in [0.1, 0.15) is 23.5 Å². The zero-order valence-electron chi connectivity index (χ0n) is 15.0. The van der Waals surface area contributed by atoms with Crippen molar-refractivity contribution in [1.29, 1.82) is 0 Å². The van der Waals surface area contributed by atoms with Crippen LogP contribution in [0.4, 0.5) is 4.79 Å². The summed E-state index contributed by atoms with van der Waals surface area (Å²) in [6.45, 7) is 0.147. The van der Waals surface area contributed by atoms with Gasteiger partial charge in [-0.2, -0.15) is 0 Å². The third-order valence-electron chi connectivity index (χ3n) is 4.61. The second kappa shape index (κ2) is 8.49. The fourth-order valence-corrected chi connectivity index (χ4v) is 3.24. The molecular formula is C21H21NO5. The SMILES string of the molecule is COC(=O)[C@@H](CC(=O)N1C(=O)OC[C@@H]1Cc1ccccc1)c1ccccc1. The van der Waals surface area contributed by atoms with Gasteiger partial charge in [0.25, 0.3) is 0 Å². The predicted octanol–water partition coefficient (Wildman–Crippen LogP) is 2.92. The van der Waals surface area contributed by atoms with Crippen molar-refractivity contribution in [2.24, 2.45) is 0 Å². The Kier molecular flexibility index (Phi) is 5.86. The summed E-state index contributed by atoms with van der Waals surface area (Å²) < 4.78 is 9.95. The quantitative estimate of drug-likeness (QED) is 0.734. The van der Waals surface area contributed by atoms with Gasteiger partial charge in [-0.15, -0.1) is 0 Å². The van der Waals surface area contributed by atoms with Crippen molar-refractivity contribution in [3.8, 4) is 0 Å². The van der Waals surface area contributed by atoms with Gasteiger partial charge in [0.05, 0.1) is 19.1 Å². The van der Waals surface area contributed by atoms with E-state index in [1.54, 1.807) is 24.3 Å². The molecule has 0 spiro atoms. The molecule has 0 saturated carbocycles. The van der Waals surface area contributed by atoms with Gasteiger partial charge in [-0.25, -0.2) is 9.69 Å². The van der Waals surface area contributed by atoms with Crippen LogP contribution < -0.4 is 0 Å². The smallest absolute Gasteiger partial charge is 0.416 e. The molecule has 0 aromatic heterocycles. The summed E-state index contributed by atoms with van der Waals surface area (Å²) in [5, 5.41) is 0. The zero-order valence-corrected chi connectivity index (χ0v) is 15.0. The van der Waals surface area contributed by atoms with Crippen LogP contribution in [0, 0.1) is 0 Å². The highest BCUT2D eigenvalue weighted by molar-refractivity contribution is 5.96. The highest BCUT2D eigenvalue weighted by atomic mass is 16.6. The molecule has 6 nitrogen and oxygen atoms in total. The molecule has 1 fully saturated rings. The normalized spacial score (nSPS) is 17.3. The van der Waals surface area contributed by atoms with E-state index in [1.807, 2.05) is 36.4 Å². The van der Waals surface area contributed by atoms with E-state index < -0.39 is 23.9 Å². The van der Waals surface area contributed by atoms with Gasteiger partial charge in [0.15, 0.2) is 0 Å². The molecule has 2 aromatic carbocycles. The third kappa shape index (κ3) is 4.34. The van der Waals surface area contributed by atoms with Crippen LogP contribution in [0.3, 0.4) is 0 Å². The van der Waals surface area contributed by atoms with Crippen LogP contribution in [0.2, 0.25) is 0 Å². The van der Waals surface area contributed by atoms with Gasteiger partial charge in [-0.1, -0.05) is 60.7 Å². The van der Waals surface area contributed by atoms with E-state index in [0.29, 0.717) is 12.0 Å². The van der Waals surface area contributed by atoms with Crippen molar-refractivity contribution in [2.75, 3.05) is 13.7 Å². The number of carbonyl (C=O) groups is 3. The van der Waals surface area contributed by atoms with Crippen molar-refractivity contribution in [3.05, 3.63) is 71.8 Å². The fraction of sp³-hybridized carbons (Fsp3) is 0.286. The number of cyclic esters (lactones) is 1. The zero-order chi connectivity index (χ0) is 19.2. The first-order chi connectivity index (χ1) is 13.1. The third-order valence-corrected chi connectivity index (χ3v) is 4.61. The maximum Gasteiger partial charge on any atom is 0.416 e. The van der Waals surface area contributed by atoms with E-state index in [-0.39, 0.29) is 19.1 Å². The van der Waals surface area contributed by atoms with Crippen LogP contribution in [0.25, 0.3) is 0 Å². The number of hydrogen-bond donors (Lipinski definition) is 0. The Labute approximate surface area is 157 Å². The number of amides is 2. The maximum absolute atomic E-state index is 12.9. The minimum Gasteiger partial charge on any atom is -0.469 e. The number of ether oxygens (including phenoxy) is 2. The van der Waals surface area contributed by atoms with Gasteiger partial charge in [0, 0.05) is 6.42 Å². The summed E-state index contributed by atoms with van der Waals surface area (Å²) >= 11 is 0. The Hall–Kier alpha value is -3.15. The van der Waals surface area contributed by atoms with Crippen molar-refractivity contribution in [2.45, 2.75) is 24.8 Å². The molecule has 0 radical (unpaired) electrons. The molecule has 2 atom stereocenters. The van der Waals surface area contributed by atoms with E-state index in [9.17, 15) is 14.4 Å². The molecule has 0 bridgehead atoms. The van der Waals surface area contributed by atoms with Crippen LogP contribution in [0.15, 0.2) is 60.7 Å². The first-order valence-corrected chi connectivity index (χ1v) is 8.75. The number of methoxy groups -OCH3 is 1. The van der Waals surface area contributed by atoms with E-state index in [0.717, 1.165) is 10.5 Å². The van der Waals surface area contributed by atoms with Gasteiger partial charge in [-0.3, -0.25) is 9.59 Å². The standard InChI is InChI=1S/C21H21NO5/c1-26-20(24)18(16-10-6-3-7-11-16)13-19(23)22-17(14-27-21(22)25)12-15-8-4-2-5-9-15/h2-11,17-18H,12-14H2,1H3/t17-,18-/m0/s1. The van der Waals surface area contributed by atoms with Crippen molar-refractivity contribution < 1.29 is 23.9 Å². The molecule has 2 aromatic rings. The van der Waals surface area contributed by atoms with Gasteiger partial charge in [-0.05, 0) is 17.5 Å². The number of rotatable bonds is 6. The van der Waals surface area contributed by atoms with Crippen LogP contribution >= 0.6 is 0 Å². The monoisotopic (exact) mass is 367 g/mol. The second-order valence-electron chi connectivity index (χ2n) is 6.37. The largest absolute Gasteiger partial charge is 0.469 e. The molecule has 1 saturated heterocycles. The molecule has 140 valence electrons. The Bertz CT molecular complexity index is 806. The predicted molar refractivity (Wildman–Crippen MR) is 97.9 cm³/mol. The first kappa shape index (κ1) is 18.6. The van der Waals surface area contributed by atoms with Crippen molar-refractivity contribution >= 4 is 18.0 Å². The molecule has 0 unspecified atom stereocenters. The molecule has 6 heteroatoms. The van der Waals surface area contributed by atoms with Crippen molar-refractivity contribution in [1.82, 2.24) is 4.90 Å². The number of nitrogens with zero attached hydrogens (tertiary/aromatic N) is 1. The lowest BCUT2D eigenvalue weighted by molar-refractivity contribution is -0.145. The summed E-state index contributed by atoms with van der Waals surface area (Å²) in [5.74, 6) is -1.73. The minimum absolute atomic E-state index is 0.147. The van der Waals surface area contributed by atoms with Crippen LogP contribution in [0.5, 0.6) is 0 Å². The Morgan fingerprint density at radius 3 is 2.37 bits per heavy atom. The number of esters is 1. The lowest BCUT2D eigenvalue weighted by Gasteiger charge is -2.22. The van der Waals surface area contributed by atoms with Crippen LogP contribution in [-0.4, -0.2) is 42.6 Å². The number of carbonyl (C=O) groups excluding carboxylic acids is 3. The van der Waals surface area contributed by atoms with Gasteiger partial charge in [0.1, 0.15) is 6.61 Å². The van der Waals surface area contributed by atoms with E-state index in [1.165, 1.54) is 7.11 Å². The lowest BCUT2D eigenvalue weighted by atomic mass is 9.94. The molecular weight excluding hydrogens is 346 g/mol. The van der Waals surface area contributed by atoms with E-state index in [4.69, 9.17) is 9.47 Å². The first-order valence-electron chi connectivity index (χ1n) is 8.75. The summed E-state index contributed by atoms with van der Waals surface area (Å²) in [5.41, 5.74) is 1.68. The molecule has 3 rings (SSSR count). The van der Waals surface area contributed by atoms with Gasteiger partial charge in [0.2, 0.25) is 5.91 Å². The summed E-state index contributed by atoms with van der Waals surface area (Å²) in [6, 6.07) is 18.1. The topological polar surface area (TPSA) is 72.9 Å². The Balaban J connectivity index is 1.77. The maximum atomic E-state index is 12.9. The summed E-state index contributed by atoms with van der Waals surface area (Å²) in [4.78, 5) is 38.4. The van der Waals surface area contributed by atoms with E-state index >= 15 is 0 Å². The molecule has 1 aliphatic rings. The minimum atomic E-state index is -0.769. The summed E-state index contributed by atoms with van der Waals surface area (Å²) in [6.07, 6.45) is -0.318. The molecule has 1 aliphatic heterocycles. The average Bonchev–Trinajstić information content (AvgIpc) is 3.07. The lowest BCUT2D eigenvalue weighted by Crippen LogP contribution is -2.41. The molecule has 27 heavy (non-hydrogen) atoms. The number of hydrogen-bond acceptors (Lipinski definition) is 5. The Morgan fingerprint density at radius 2 is 1.74 bits per heavy atom. The van der Waals surface area contributed by atoms with Gasteiger partial charge < -0.3 is 9.47 Å². The molecule has 2 amide bonds. The highest BCUT2D eigenvalue weighted by Gasteiger charge is 2.39. The second-order valence-corrected chi connectivity index (χ2v) is 6.37. The van der Waals surface area contributed by atoms with Crippen molar-refractivity contribution in [3.63, 3.8) is 0 Å². The number of benzene rings is 2. The molecule has 0 aliphatic carbocycles. The fourth-order valence-electron chi connectivity index (χ4n) is 3.24. The highest BCUT2D eigenvalue weighted by Crippen LogP contribution is 2.25. The summed E-state index contributed by atoms with van der Waals surface area (Å²) in [7, 11) is 1.28. The Morgan fingerprint density at radius 1 is 1.11 bits per heavy atom. The molecule has 0 N–H and O–H groups in total. The number of imide groups is 1. The average molecular weight is 367 g/mol. The van der Waals surface area contributed by atoms with E-state index in [2.05, 4.69) is 0 Å².